The lowest BCUT2D eigenvalue weighted by Gasteiger charge is -2.21. The highest BCUT2D eigenvalue weighted by molar-refractivity contribution is 7.47. The molecule has 94 heavy (non-hydrogen) atoms. The molecular weight excluding hydrogens is 1230 g/mol. The summed E-state index contributed by atoms with van der Waals surface area (Å²) in [4.78, 5) is 72.7. The van der Waals surface area contributed by atoms with E-state index in [-0.39, 0.29) is 25.7 Å². The Morgan fingerprint density at radius 2 is 0.574 bits per heavy atom. The second-order valence-electron chi connectivity index (χ2n) is 27.8. The lowest BCUT2D eigenvalue weighted by atomic mass is 10.0. The summed E-state index contributed by atoms with van der Waals surface area (Å²) in [7, 11) is -9.92. The van der Waals surface area contributed by atoms with Crippen LogP contribution >= 0.6 is 15.6 Å². The molecule has 0 aromatic carbocycles. The highest BCUT2D eigenvalue weighted by atomic mass is 31.2. The van der Waals surface area contributed by atoms with Gasteiger partial charge in [-0.3, -0.25) is 37.3 Å². The van der Waals surface area contributed by atoms with Gasteiger partial charge < -0.3 is 33.8 Å². The summed E-state index contributed by atoms with van der Waals surface area (Å²) in [6.07, 6.45) is 53.8. The lowest BCUT2D eigenvalue weighted by Crippen LogP contribution is -2.30. The molecule has 0 radical (unpaired) electrons. The predicted octanol–water partition coefficient (Wildman–Crippen LogP) is 21.3. The zero-order chi connectivity index (χ0) is 69.4. The molecule has 17 nitrogen and oxygen atoms in total. The number of phosphoric ester groups is 2. The highest BCUT2D eigenvalue weighted by Gasteiger charge is 2.30. The van der Waals surface area contributed by atoms with Gasteiger partial charge in [0.1, 0.15) is 19.3 Å². The van der Waals surface area contributed by atoms with Gasteiger partial charge in [0.2, 0.25) is 0 Å². The first-order chi connectivity index (χ1) is 45.2. The fourth-order valence-corrected chi connectivity index (χ4v) is 12.5. The molecule has 0 saturated heterocycles. The molecule has 0 rings (SSSR count). The molecule has 0 heterocycles. The van der Waals surface area contributed by atoms with Gasteiger partial charge in [-0.2, -0.15) is 0 Å². The standard InChI is InChI=1S/C75H142O17P2/c1-8-9-10-11-12-13-14-15-18-22-25-28-34-42-49-56-72(77)85-62-70(91-74(79)58-51-44-35-29-26-23-20-17-16-19-21-24-27-32-39-46-53-66(2)3)64-89-93(81,82)87-60-69(76)61-88-94(83,84)90-65-71(63-86-73(78)57-50-43-38-37-41-48-55-68(6)7)92-75(80)59-52-45-36-31-30-33-40-47-54-67(4)5/h13-15,18,66-71,76H,8-12,16-17,19-65H2,1-7H3,(H,81,82)(H,83,84)/b14-13-,18-15-/t69-,70-,71-/m1/s1. The molecule has 0 aromatic rings. The molecule has 0 aliphatic rings. The van der Waals surface area contributed by atoms with E-state index < -0.39 is 97.5 Å². The number of carbonyl (C=O) groups excluding carboxylic acids is 4. The molecule has 19 heteroatoms. The monoisotopic (exact) mass is 1380 g/mol. The van der Waals surface area contributed by atoms with Crippen LogP contribution in [-0.4, -0.2) is 96.7 Å². The third-order valence-corrected chi connectivity index (χ3v) is 18.7. The van der Waals surface area contributed by atoms with Crippen LogP contribution in [0.15, 0.2) is 24.3 Å². The Balaban J connectivity index is 5.25. The Bertz CT molecular complexity index is 1930. The van der Waals surface area contributed by atoms with Gasteiger partial charge in [-0.05, 0) is 69.1 Å². The SMILES string of the molecule is CCCCCC/C=C\C=C/CCCCCCCC(=O)OC[C@H](COP(=O)(O)OC[C@@H](O)COP(=O)(O)OC[C@@H](COC(=O)CCCCCCCCC(C)C)OC(=O)CCCCCCCCCCC(C)C)OC(=O)CCCCCCCCCCCCCCCCCCC(C)C. The summed E-state index contributed by atoms with van der Waals surface area (Å²) in [6.45, 7) is 11.7. The van der Waals surface area contributed by atoms with Gasteiger partial charge in [0, 0.05) is 25.7 Å². The number of carbonyl (C=O) groups is 4. The van der Waals surface area contributed by atoms with E-state index in [9.17, 15) is 43.2 Å². The summed E-state index contributed by atoms with van der Waals surface area (Å²) in [5.41, 5.74) is 0. The van der Waals surface area contributed by atoms with E-state index in [1.807, 2.05) is 0 Å². The van der Waals surface area contributed by atoms with Crippen LogP contribution < -0.4 is 0 Å². The predicted molar refractivity (Wildman–Crippen MR) is 381 cm³/mol. The van der Waals surface area contributed by atoms with Crippen molar-refractivity contribution in [1.82, 2.24) is 0 Å². The van der Waals surface area contributed by atoms with E-state index in [4.69, 9.17) is 37.0 Å². The minimum absolute atomic E-state index is 0.100. The van der Waals surface area contributed by atoms with Crippen molar-refractivity contribution >= 4 is 39.5 Å². The molecule has 2 unspecified atom stereocenters. The zero-order valence-corrected chi connectivity index (χ0v) is 62.7. The fraction of sp³-hybridized carbons (Fsp3) is 0.893. The van der Waals surface area contributed by atoms with Crippen molar-refractivity contribution < 1.29 is 80.2 Å². The van der Waals surface area contributed by atoms with Gasteiger partial charge in [0.05, 0.1) is 26.4 Å². The van der Waals surface area contributed by atoms with Crippen LogP contribution in [0.3, 0.4) is 0 Å². The van der Waals surface area contributed by atoms with Gasteiger partial charge in [0.15, 0.2) is 12.2 Å². The van der Waals surface area contributed by atoms with Crippen molar-refractivity contribution in [2.45, 2.75) is 375 Å². The first kappa shape index (κ1) is 91.5. The summed E-state index contributed by atoms with van der Waals surface area (Å²) in [6, 6.07) is 0. The van der Waals surface area contributed by atoms with E-state index in [1.54, 1.807) is 0 Å². The number of ether oxygens (including phenoxy) is 4. The highest BCUT2D eigenvalue weighted by Crippen LogP contribution is 2.45. The van der Waals surface area contributed by atoms with Crippen LogP contribution in [0.5, 0.6) is 0 Å². The number of aliphatic hydroxyl groups excluding tert-OH is 1. The number of hydrogen-bond donors (Lipinski definition) is 3. The summed E-state index contributed by atoms with van der Waals surface area (Å²) >= 11 is 0. The number of allylic oxidation sites excluding steroid dienone is 4. The third kappa shape index (κ3) is 68.1. The van der Waals surface area contributed by atoms with E-state index in [0.29, 0.717) is 37.5 Å². The Morgan fingerprint density at radius 3 is 0.862 bits per heavy atom. The molecule has 3 N–H and O–H groups in total. The summed E-state index contributed by atoms with van der Waals surface area (Å²) in [5.74, 6) is 0.0477. The van der Waals surface area contributed by atoms with Gasteiger partial charge in [-0.15, -0.1) is 0 Å². The molecule has 0 fully saturated rings. The van der Waals surface area contributed by atoms with E-state index in [2.05, 4.69) is 72.8 Å². The molecule has 0 aromatic heterocycles. The van der Waals surface area contributed by atoms with Gasteiger partial charge in [-0.1, -0.05) is 304 Å². The van der Waals surface area contributed by atoms with Gasteiger partial charge in [0.25, 0.3) is 0 Å². The quantitative estimate of drug-likeness (QED) is 0.0169. The average Bonchev–Trinajstić information content (AvgIpc) is 1.49. The Labute approximate surface area is 573 Å². The number of unbranched alkanes of at least 4 members (excludes halogenated alkanes) is 36. The van der Waals surface area contributed by atoms with Crippen LogP contribution in [0.4, 0.5) is 0 Å². The van der Waals surface area contributed by atoms with Gasteiger partial charge in [-0.25, -0.2) is 9.13 Å². The number of hydrogen-bond acceptors (Lipinski definition) is 15. The van der Waals surface area contributed by atoms with Crippen molar-refractivity contribution in [3.8, 4) is 0 Å². The maximum atomic E-state index is 13.1. The Kier molecular flexibility index (Phi) is 63.5. The molecule has 0 saturated carbocycles. The molecule has 0 amide bonds. The van der Waals surface area contributed by atoms with E-state index in [1.165, 1.54) is 141 Å². The third-order valence-electron chi connectivity index (χ3n) is 16.8. The minimum atomic E-state index is -4.96. The van der Waals surface area contributed by atoms with Crippen LogP contribution in [0.2, 0.25) is 0 Å². The lowest BCUT2D eigenvalue weighted by molar-refractivity contribution is -0.161. The summed E-state index contributed by atoms with van der Waals surface area (Å²) < 4.78 is 68.4. The van der Waals surface area contributed by atoms with Crippen LogP contribution in [0.1, 0.15) is 357 Å². The normalized spacial score (nSPS) is 14.3. The zero-order valence-electron chi connectivity index (χ0n) is 60.9. The second kappa shape index (κ2) is 65.2. The molecule has 554 valence electrons. The number of phosphoric acid groups is 2. The van der Waals surface area contributed by atoms with Crippen molar-refractivity contribution in [2.24, 2.45) is 17.8 Å². The second-order valence-corrected chi connectivity index (χ2v) is 30.7. The molecule has 5 atom stereocenters. The average molecular weight is 1380 g/mol. The molecule has 0 bridgehead atoms. The van der Waals surface area contributed by atoms with E-state index in [0.717, 1.165) is 121 Å². The summed E-state index contributed by atoms with van der Waals surface area (Å²) in [5, 5.41) is 10.6. The number of aliphatic hydroxyl groups is 1. The van der Waals surface area contributed by atoms with Crippen molar-refractivity contribution in [3.05, 3.63) is 24.3 Å². The van der Waals surface area contributed by atoms with Crippen molar-refractivity contribution in [3.63, 3.8) is 0 Å². The maximum Gasteiger partial charge on any atom is 0.472 e. The van der Waals surface area contributed by atoms with Crippen LogP contribution in [0.25, 0.3) is 0 Å². The van der Waals surface area contributed by atoms with Crippen LogP contribution in [-0.2, 0) is 65.4 Å². The molecular formula is C75H142O17P2. The van der Waals surface area contributed by atoms with Crippen LogP contribution in [0, 0.1) is 17.8 Å². The number of rotatable bonds is 71. The first-order valence-corrected chi connectivity index (χ1v) is 41.2. The number of esters is 4. The van der Waals surface area contributed by atoms with E-state index >= 15 is 0 Å². The fourth-order valence-electron chi connectivity index (χ4n) is 10.9. The smallest absolute Gasteiger partial charge is 0.462 e. The largest absolute Gasteiger partial charge is 0.472 e. The molecule has 0 spiro atoms. The Morgan fingerprint density at radius 1 is 0.330 bits per heavy atom. The Hall–Kier alpha value is -2.46. The van der Waals surface area contributed by atoms with Gasteiger partial charge >= 0.3 is 39.5 Å². The van der Waals surface area contributed by atoms with Crippen molar-refractivity contribution in [1.29, 1.82) is 0 Å². The first-order valence-electron chi connectivity index (χ1n) is 38.2. The molecule has 0 aliphatic carbocycles. The maximum absolute atomic E-state index is 13.1. The topological polar surface area (TPSA) is 237 Å². The molecule has 0 aliphatic heterocycles. The minimum Gasteiger partial charge on any atom is -0.462 e. The van der Waals surface area contributed by atoms with Crippen molar-refractivity contribution in [2.75, 3.05) is 39.6 Å².